The molecule has 0 saturated carbocycles. The van der Waals surface area contributed by atoms with E-state index in [9.17, 15) is 0 Å². The number of methoxy groups -OCH3 is 1. The lowest BCUT2D eigenvalue weighted by Gasteiger charge is -2.19. The third-order valence-electron chi connectivity index (χ3n) is 3.16. The highest BCUT2D eigenvalue weighted by Crippen LogP contribution is 2.25. The fourth-order valence-corrected chi connectivity index (χ4v) is 2.51. The molecule has 0 aromatic carbocycles. The summed E-state index contributed by atoms with van der Waals surface area (Å²) in [6, 6.07) is 3.99. The first kappa shape index (κ1) is 14.8. The Morgan fingerprint density at radius 3 is 2.70 bits per heavy atom. The molecule has 1 unspecified atom stereocenters. The molecule has 0 aliphatic carbocycles. The predicted octanol–water partition coefficient (Wildman–Crippen LogP) is 2.37. The van der Waals surface area contributed by atoms with Gasteiger partial charge in [-0.15, -0.1) is 0 Å². The van der Waals surface area contributed by atoms with Gasteiger partial charge in [0.2, 0.25) is 5.88 Å². The minimum Gasteiger partial charge on any atom is -0.481 e. The number of nitrogens with zero attached hydrogens (tertiary/aromatic N) is 3. The number of halogens is 1. The minimum absolute atomic E-state index is 0.107. The van der Waals surface area contributed by atoms with Gasteiger partial charge in [-0.2, -0.15) is 5.10 Å². The maximum absolute atomic E-state index is 6.23. The summed E-state index contributed by atoms with van der Waals surface area (Å²) in [5.41, 5.74) is 2.11. The smallest absolute Gasteiger partial charge is 0.212 e. The van der Waals surface area contributed by atoms with Crippen LogP contribution in [-0.4, -0.2) is 28.4 Å². The summed E-state index contributed by atoms with van der Waals surface area (Å²) in [4.78, 5) is 4.23. The first-order chi connectivity index (χ1) is 9.65. The van der Waals surface area contributed by atoms with E-state index in [0.29, 0.717) is 10.9 Å². The second-order valence-electron chi connectivity index (χ2n) is 4.52. The molecular weight excluding hydrogens is 276 g/mol. The molecule has 20 heavy (non-hydrogen) atoms. The molecule has 0 aliphatic rings. The lowest BCUT2D eigenvalue weighted by molar-refractivity contribution is 0.397. The van der Waals surface area contributed by atoms with Crippen molar-refractivity contribution in [3.05, 3.63) is 40.8 Å². The zero-order valence-electron chi connectivity index (χ0n) is 11.9. The normalized spacial score (nSPS) is 12.4. The van der Waals surface area contributed by atoms with Crippen LogP contribution < -0.4 is 10.1 Å². The van der Waals surface area contributed by atoms with Crippen molar-refractivity contribution in [2.45, 2.75) is 19.4 Å². The van der Waals surface area contributed by atoms with Crippen LogP contribution in [0.15, 0.2) is 24.5 Å². The standard InChI is InChI=1S/C14H19ClN4O/c1-4-16-12(14-11(15)9-18-19(14)2)7-10-5-6-13(20-3)17-8-10/h5-6,8-9,12,16H,4,7H2,1-3H3. The average Bonchev–Trinajstić information content (AvgIpc) is 2.78. The highest BCUT2D eigenvalue weighted by atomic mass is 35.5. The van der Waals surface area contributed by atoms with Gasteiger partial charge in [0.15, 0.2) is 0 Å². The molecule has 0 amide bonds. The molecule has 5 nitrogen and oxygen atoms in total. The van der Waals surface area contributed by atoms with Crippen molar-refractivity contribution in [3.63, 3.8) is 0 Å². The second kappa shape index (κ2) is 6.72. The van der Waals surface area contributed by atoms with E-state index in [1.165, 1.54) is 0 Å². The summed E-state index contributed by atoms with van der Waals surface area (Å²) >= 11 is 6.23. The quantitative estimate of drug-likeness (QED) is 0.889. The van der Waals surface area contributed by atoms with E-state index in [0.717, 1.165) is 24.2 Å². The molecule has 6 heteroatoms. The number of pyridine rings is 1. The first-order valence-corrected chi connectivity index (χ1v) is 6.93. The van der Waals surface area contributed by atoms with E-state index in [-0.39, 0.29) is 6.04 Å². The third-order valence-corrected chi connectivity index (χ3v) is 3.46. The maximum atomic E-state index is 6.23. The zero-order chi connectivity index (χ0) is 14.5. The van der Waals surface area contributed by atoms with E-state index < -0.39 is 0 Å². The highest BCUT2D eigenvalue weighted by molar-refractivity contribution is 6.31. The third kappa shape index (κ3) is 3.29. The van der Waals surface area contributed by atoms with Gasteiger partial charge in [-0.05, 0) is 18.5 Å². The maximum Gasteiger partial charge on any atom is 0.212 e. The van der Waals surface area contributed by atoms with Gasteiger partial charge in [0.1, 0.15) is 0 Å². The van der Waals surface area contributed by atoms with Crippen LogP contribution in [-0.2, 0) is 13.5 Å². The Morgan fingerprint density at radius 2 is 2.20 bits per heavy atom. The van der Waals surface area contributed by atoms with Crippen molar-refractivity contribution in [3.8, 4) is 5.88 Å². The monoisotopic (exact) mass is 294 g/mol. The van der Waals surface area contributed by atoms with Gasteiger partial charge in [-0.3, -0.25) is 4.68 Å². The van der Waals surface area contributed by atoms with E-state index in [4.69, 9.17) is 16.3 Å². The second-order valence-corrected chi connectivity index (χ2v) is 4.93. The molecule has 0 spiro atoms. The number of hydrogen-bond donors (Lipinski definition) is 1. The molecule has 2 aromatic rings. The largest absolute Gasteiger partial charge is 0.481 e. The Bertz CT molecular complexity index is 533. The Balaban J connectivity index is 2.20. The van der Waals surface area contributed by atoms with Crippen LogP contribution in [0.3, 0.4) is 0 Å². The van der Waals surface area contributed by atoms with Crippen LogP contribution in [0.5, 0.6) is 5.88 Å². The Kier molecular flexibility index (Phi) is 4.98. The van der Waals surface area contributed by atoms with Crippen molar-refractivity contribution in [2.75, 3.05) is 13.7 Å². The van der Waals surface area contributed by atoms with Crippen molar-refractivity contribution < 1.29 is 4.74 Å². The number of rotatable bonds is 6. The molecule has 0 radical (unpaired) electrons. The number of aromatic nitrogens is 3. The summed E-state index contributed by atoms with van der Waals surface area (Å²) in [6.07, 6.45) is 4.30. The molecule has 0 bridgehead atoms. The van der Waals surface area contributed by atoms with Gasteiger partial charge in [-0.1, -0.05) is 24.6 Å². The van der Waals surface area contributed by atoms with Crippen molar-refractivity contribution >= 4 is 11.6 Å². The lowest BCUT2D eigenvalue weighted by Crippen LogP contribution is -2.25. The number of likely N-dealkylation sites (N-methyl/N-ethyl adjacent to an activating group) is 1. The zero-order valence-corrected chi connectivity index (χ0v) is 12.7. The summed E-state index contributed by atoms with van der Waals surface area (Å²) in [5, 5.41) is 8.32. The van der Waals surface area contributed by atoms with Crippen molar-refractivity contribution in [2.24, 2.45) is 7.05 Å². The molecule has 1 atom stereocenters. The summed E-state index contributed by atoms with van der Waals surface area (Å²) < 4.78 is 6.88. The molecule has 2 heterocycles. The minimum atomic E-state index is 0.107. The van der Waals surface area contributed by atoms with E-state index in [2.05, 4.69) is 22.3 Å². The van der Waals surface area contributed by atoms with Crippen LogP contribution in [0, 0.1) is 0 Å². The van der Waals surface area contributed by atoms with Crippen molar-refractivity contribution in [1.82, 2.24) is 20.1 Å². The molecule has 108 valence electrons. The molecular formula is C14H19ClN4O. The predicted molar refractivity (Wildman–Crippen MR) is 79.1 cm³/mol. The van der Waals surface area contributed by atoms with Crippen LogP contribution in [0.4, 0.5) is 0 Å². The highest BCUT2D eigenvalue weighted by Gasteiger charge is 2.18. The van der Waals surface area contributed by atoms with Gasteiger partial charge in [0, 0.05) is 19.3 Å². The Morgan fingerprint density at radius 1 is 1.40 bits per heavy atom. The summed E-state index contributed by atoms with van der Waals surface area (Å²) in [6.45, 7) is 2.93. The lowest BCUT2D eigenvalue weighted by atomic mass is 10.0. The molecule has 2 rings (SSSR count). The number of ether oxygens (including phenoxy) is 1. The number of aryl methyl sites for hydroxylation is 1. The summed E-state index contributed by atoms with van der Waals surface area (Å²) in [7, 11) is 3.51. The average molecular weight is 295 g/mol. The Labute approximate surface area is 123 Å². The van der Waals surface area contributed by atoms with Gasteiger partial charge in [-0.25, -0.2) is 4.98 Å². The first-order valence-electron chi connectivity index (χ1n) is 6.55. The van der Waals surface area contributed by atoms with Crippen LogP contribution >= 0.6 is 11.6 Å². The van der Waals surface area contributed by atoms with Crippen LogP contribution in [0.2, 0.25) is 5.02 Å². The van der Waals surface area contributed by atoms with Crippen molar-refractivity contribution in [1.29, 1.82) is 0 Å². The molecule has 0 fully saturated rings. The van der Waals surface area contributed by atoms with Crippen LogP contribution in [0.1, 0.15) is 24.2 Å². The molecule has 0 aliphatic heterocycles. The van der Waals surface area contributed by atoms with Gasteiger partial charge < -0.3 is 10.1 Å². The number of hydrogen-bond acceptors (Lipinski definition) is 4. The van der Waals surface area contributed by atoms with E-state index >= 15 is 0 Å². The van der Waals surface area contributed by atoms with Gasteiger partial charge in [0.25, 0.3) is 0 Å². The topological polar surface area (TPSA) is 52.0 Å². The van der Waals surface area contributed by atoms with E-state index in [1.807, 2.05) is 30.1 Å². The molecule has 0 saturated heterocycles. The number of nitrogens with one attached hydrogen (secondary N) is 1. The molecule has 1 N–H and O–H groups in total. The fraction of sp³-hybridized carbons (Fsp3) is 0.429. The van der Waals surface area contributed by atoms with Gasteiger partial charge >= 0.3 is 0 Å². The molecule has 2 aromatic heterocycles. The Hall–Kier alpha value is -1.59. The SMILES string of the molecule is CCNC(Cc1ccc(OC)nc1)c1c(Cl)cnn1C. The fourth-order valence-electron chi connectivity index (χ4n) is 2.21. The summed E-state index contributed by atoms with van der Waals surface area (Å²) in [5.74, 6) is 0.618. The van der Waals surface area contributed by atoms with E-state index in [1.54, 1.807) is 13.3 Å². The van der Waals surface area contributed by atoms with Crippen LogP contribution in [0.25, 0.3) is 0 Å². The van der Waals surface area contributed by atoms with Gasteiger partial charge in [0.05, 0.1) is 30.1 Å².